The predicted molar refractivity (Wildman–Crippen MR) is 73.7 cm³/mol. The Morgan fingerprint density at radius 3 is 2.67 bits per heavy atom. The number of hydrogen-bond donors (Lipinski definition) is 1. The molecule has 1 atom stereocenters. The Hall–Kier alpha value is -0.640. The standard InChI is InChI=1S/C14H21ClFNO/c1-5-18-14(2,3)13(17-4)9-10-8-11(16)6-7-12(10)15/h6-8,13,17H,5,9H2,1-4H3. The van der Waals surface area contributed by atoms with Gasteiger partial charge in [0.15, 0.2) is 0 Å². The summed E-state index contributed by atoms with van der Waals surface area (Å²) in [6, 6.07) is 4.51. The molecule has 0 saturated heterocycles. The van der Waals surface area contributed by atoms with E-state index < -0.39 is 0 Å². The summed E-state index contributed by atoms with van der Waals surface area (Å²) in [5.41, 5.74) is 0.461. The minimum Gasteiger partial charge on any atom is -0.374 e. The van der Waals surface area contributed by atoms with Crippen LogP contribution in [0, 0.1) is 5.82 Å². The maximum Gasteiger partial charge on any atom is 0.123 e. The minimum absolute atomic E-state index is 0.0664. The van der Waals surface area contributed by atoms with Crippen molar-refractivity contribution in [3.63, 3.8) is 0 Å². The summed E-state index contributed by atoms with van der Waals surface area (Å²) in [5.74, 6) is -0.265. The van der Waals surface area contributed by atoms with Crippen LogP contribution in [0.2, 0.25) is 5.02 Å². The van der Waals surface area contributed by atoms with Crippen LogP contribution in [0.3, 0.4) is 0 Å². The highest BCUT2D eigenvalue weighted by Crippen LogP contribution is 2.23. The lowest BCUT2D eigenvalue weighted by Gasteiger charge is -2.34. The molecule has 0 spiro atoms. The van der Waals surface area contributed by atoms with Gasteiger partial charge in [0.05, 0.1) is 5.60 Å². The van der Waals surface area contributed by atoms with Crippen molar-refractivity contribution in [3.8, 4) is 0 Å². The molecule has 2 nitrogen and oxygen atoms in total. The van der Waals surface area contributed by atoms with Crippen LogP contribution in [-0.4, -0.2) is 25.3 Å². The maximum absolute atomic E-state index is 13.2. The molecule has 0 aliphatic heterocycles. The van der Waals surface area contributed by atoms with Crippen LogP contribution >= 0.6 is 11.6 Å². The molecule has 0 radical (unpaired) electrons. The molecule has 0 aliphatic carbocycles. The normalized spacial score (nSPS) is 13.7. The lowest BCUT2D eigenvalue weighted by molar-refractivity contribution is -0.0363. The van der Waals surface area contributed by atoms with Gasteiger partial charge in [0.2, 0.25) is 0 Å². The first kappa shape index (κ1) is 15.4. The molecule has 0 fully saturated rings. The van der Waals surface area contributed by atoms with Gasteiger partial charge in [-0.2, -0.15) is 0 Å². The van der Waals surface area contributed by atoms with Crippen molar-refractivity contribution < 1.29 is 9.13 Å². The van der Waals surface area contributed by atoms with Crippen molar-refractivity contribution in [1.82, 2.24) is 5.32 Å². The summed E-state index contributed by atoms with van der Waals surface area (Å²) in [4.78, 5) is 0. The van der Waals surface area contributed by atoms with E-state index in [2.05, 4.69) is 5.32 Å². The second-order valence-corrected chi connectivity index (χ2v) is 5.22. The first-order valence-electron chi connectivity index (χ1n) is 6.16. The van der Waals surface area contributed by atoms with Gasteiger partial charge in [-0.15, -0.1) is 0 Å². The highest BCUT2D eigenvalue weighted by molar-refractivity contribution is 6.31. The number of halogens is 2. The predicted octanol–water partition coefficient (Wildman–Crippen LogP) is 3.42. The second kappa shape index (κ2) is 6.50. The molecule has 4 heteroatoms. The topological polar surface area (TPSA) is 21.3 Å². The number of benzene rings is 1. The minimum atomic E-state index is -0.334. The SMILES string of the molecule is CCOC(C)(C)C(Cc1cc(F)ccc1Cl)NC. The lowest BCUT2D eigenvalue weighted by Crippen LogP contribution is -2.48. The van der Waals surface area contributed by atoms with E-state index >= 15 is 0 Å². The third-order valence-electron chi connectivity index (χ3n) is 3.14. The first-order chi connectivity index (χ1) is 8.40. The average Bonchev–Trinajstić information content (AvgIpc) is 2.29. The molecule has 1 N–H and O–H groups in total. The molecule has 0 bridgehead atoms. The molecular weight excluding hydrogens is 253 g/mol. The molecule has 0 aliphatic rings. The third kappa shape index (κ3) is 3.94. The molecule has 0 heterocycles. The first-order valence-corrected chi connectivity index (χ1v) is 6.53. The summed E-state index contributed by atoms with van der Waals surface area (Å²) in [6.45, 7) is 6.64. The van der Waals surface area contributed by atoms with Crippen LogP contribution in [0.4, 0.5) is 4.39 Å². The van der Waals surface area contributed by atoms with Crippen LogP contribution in [0.5, 0.6) is 0 Å². The van der Waals surface area contributed by atoms with E-state index in [9.17, 15) is 4.39 Å². The Balaban J connectivity index is 2.89. The Labute approximate surface area is 113 Å². The Morgan fingerprint density at radius 2 is 2.11 bits per heavy atom. The van der Waals surface area contributed by atoms with Crippen molar-refractivity contribution >= 4 is 11.6 Å². The van der Waals surface area contributed by atoms with Crippen LogP contribution in [0.1, 0.15) is 26.3 Å². The molecule has 1 rings (SSSR count). The summed E-state index contributed by atoms with van der Waals surface area (Å²) in [6.07, 6.45) is 0.625. The quantitative estimate of drug-likeness (QED) is 0.857. The molecule has 0 aromatic heterocycles. The zero-order valence-corrected chi connectivity index (χ0v) is 12.1. The van der Waals surface area contributed by atoms with E-state index in [0.717, 1.165) is 5.56 Å². The summed E-state index contributed by atoms with van der Waals surface area (Å²) in [7, 11) is 1.87. The summed E-state index contributed by atoms with van der Waals surface area (Å²) < 4.78 is 19.0. The zero-order valence-electron chi connectivity index (χ0n) is 11.4. The molecule has 1 unspecified atom stereocenters. The highest BCUT2D eigenvalue weighted by atomic mass is 35.5. The van der Waals surface area contributed by atoms with Crippen molar-refractivity contribution in [2.75, 3.05) is 13.7 Å². The molecule has 0 saturated carbocycles. The van der Waals surface area contributed by atoms with Gasteiger partial charge in [-0.25, -0.2) is 4.39 Å². The number of nitrogens with one attached hydrogen (secondary N) is 1. The van der Waals surface area contributed by atoms with E-state index in [1.54, 1.807) is 6.07 Å². The largest absolute Gasteiger partial charge is 0.374 e. The van der Waals surface area contributed by atoms with E-state index in [-0.39, 0.29) is 17.5 Å². The average molecular weight is 274 g/mol. The van der Waals surface area contributed by atoms with Crippen molar-refractivity contribution in [1.29, 1.82) is 0 Å². The molecular formula is C14H21ClFNO. The fourth-order valence-electron chi connectivity index (χ4n) is 2.09. The lowest BCUT2D eigenvalue weighted by atomic mass is 9.92. The van der Waals surface area contributed by atoms with E-state index in [0.29, 0.717) is 18.1 Å². The molecule has 1 aromatic rings. The van der Waals surface area contributed by atoms with Gasteiger partial charge in [0.25, 0.3) is 0 Å². The highest BCUT2D eigenvalue weighted by Gasteiger charge is 2.29. The Morgan fingerprint density at radius 1 is 1.44 bits per heavy atom. The van der Waals surface area contributed by atoms with E-state index in [1.807, 2.05) is 27.8 Å². The smallest absolute Gasteiger partial charge is 0.123 e. The van der Waals surface area contributed by atoms with Gasteiger partial charge < -0.3 is 10.1 Å². The second-order valence-electron chi connectivity index (χ2n) is 4.82. The Kier molecular flexibility index (Phi) is 5.57. The van der Waals surface area contributed by atoms with Gasteiger partial charge in [0.1, 0.15) is 5.82 Å². The van der Waals surface area contributed by atoms with Crippen molar-refractivity contribution in [2.24, 2.45) is 0 Å². The van der Waals surface area contributed by atoms with E-state index in [4.69, 9.17) is 16.3 Å². The number of likely N-dealkylation sites (N-methyl/N-ethyl adjacent to an activating group) is 1. The number of ether oxygens (including phenoxy) is 1. The monoisotopic (exact) mass is 273 g/mol. The maximum atomic E-state index is 13.2. The van der Waals surface area contributed by atoms with Crippen LogP contribution in [0.15, 0.2) is 18.2 Å². The van der Waals surface area contributed by atoms with Crippen LogP contribution in [-0.2, 0) is 11.2 Å². The summed E-state index contributed by atoms with van der Waals surface area (Å²) in [5, 5.41) is 3.80. The van der Waals surface area contributed by atoms with Gasteiger partial charge >= 0.3 is 0 Å². The van der Waals surface area contributed by atoms with Crippen molar-refractivity contribution in [3.05, 3.63) is 34.6 Å². The molecule has 1 aromatic carbocycles. The fourth-order valence-corrected chi connectivity index (χ4v) is 2.28. The zero-order chi connectivity index (χ0) is 13.8. The van der Waals surface area contributed by atoms with Gasteiger partial charge in [-0.1, -0.05) is 11.6 Å². The molecule has 0 amide bonds. The van der Waals surface area contributed by atoms with Gasteiger partial charge in [-0.05, 0) is 58.0 Å². The third-order valence-corrected chi connectivity index (χ3v) is 3.50. The number of hydrogen-bond acceptors (Lipinski definition) is 2. The number of rotatable bonds is 6. The van der Waals surface area contributed by atoms with E-state index in [1.165, 1.54) is 12.1 Å². The Bertz CT molecular complexity index is 395. The summed E-state index contributed by atoms with van der Waals surface area (Å²) >= 11 is 6.09. The van der Waals surface area contributed by atoms with Gasteiger partial charge in [-0.3, -0.25) is 0 Å². The van der Waals surface area contributed by atoms with Crippen LogP contribution < -0.4 is 5.32 Å². The van der Waals surface area contributed by atoms with Crippen molar-refractivity contribution in [2.45, 2.75) is 38.8 Å². The van der Waals surface area contributed by atoms with Crippen LogP contribution in [0.25, 0.3) is 0 Å². The molecule has 102 valence electrons. The van der Waals surface area contributed by atoms with Gasteiger partial charge in [0, 0.05) is 17.7 Å². The fraction of sp³-hybridized carbons (Fsp3) is 0.571. The molecule has 18 heavy (non-hydrogen) atoms.